The molecule has 1 aromatic carbocycles. The van der Waals surface area contributed by atoms with Crippen LogP contribution in [0.4, 0.5) is 0 Å². The SMILES string of the molecule is C=C(COCc1ccccc1)[C@H]1CC(C)(C)C=C1O[Si](C)(C)C. The first-order valence-corrected chi connectivity index (χ1v) is 11.8. The van der Waals surface area contributed by atoms with Gasteiger partial charge >= 0.3 is 0 Å². The third kappa shape index (κ3) is 5.67. The van der Waals surface area contributed by atoms with Gasteiger partial charge in [0.05, 0.1) is 19.0 Å². The largest absolute Gasteiger partial charge is 0.547 e. The van der Waals surface area contributed by atoms with Crippen molar-refractivity contribution in [2.24, 2.45) is 11.3 Å². The highest BCUT2D eigenvalue weighted by Gasteiger charge is 2.36. The fourth-order valence-electron chi connectivity index (χ4n) is 2.95. The lowest BCUT2D eigenvalue weighted by Gasteiger charge is -2.26. The standard InChI is InChI=1S/C20H30O2Si/c1-16(14-21-15-17-10-8-7-9-11-17)18-12-20(2,3)13-19(18)22-23(4,5)6/h7-11,13,18H,1,12,14-15H2,2-6H3/t18-/m1/s1. The van der Waals surface area contributed by atoms with Crippen LogP contribution in [-0.4, -0.2) is 14.9 Å². The van der Waals surface area contributed by atoms with Crippen LogP contribution < -0.4 is 0 Å². The first kappa shape index (κ1) is 18.0. The van der Waals surface area contributed by atoms with Gasteiger partial charge in [0.2, 0.25) is 8.32 Å². The maximum Gasteiger partial charge on any atom is 0.241 e. The highest BCUT2D eigenvalue weighted by molar-refractivity contribution is 6.70. The normalized spacial score (nSPS) is 20.2. The van der Waals surface area contributed by atoms with Gasteiger partial charge in [-0.05, 0) is 48.7 Å². The number of ether oxygens (including phenoxy) is 1. The van der Waals surface area contributed by atoms with E-state index in [-0.39, 0.29) is 11.3 Å². The van der Waals surface area contributed by atoms with E-state index in [1.54, 1.807) is 0 Å². The Morgan fingerprint density at radius 1 is 1.22 bits per heavy atom. The summed E-state index contributed by atoms with van der Waals surface area (Å²) in [5.41, 5.74) is 2.49. The number of hydrogen-bond donors (Lipinski definition) is 0. The predicted octanol–water partition coefficient (Wildman–Crippen LogP) is 5.54. The molecule has 0 heterocycles. The van der Waals surface area contributed by atoms with Crippen LogP contribution in [0, 0.1) is 11.3 Å². The number of rotatable bonds is 7. The molecule has 0 aliphatic heterocycles. The Morgan fingerprint density at radius 2 is 1.87 bits per heavy atom. The molecule has 1 aromatic rings. The van der Waals surface area contributed by atoms with Crippen LogP contribution in [0.25, 0.3) is 0 Å². The first-order valence-electron chi connectivity index (χ1n) is 8.37. The zero-order valence-corrected chi connectivity index (χ0v) is 16.2. The molecule has 126 valence electrons. The molecule has 1 aliphatic rings. The second-order valence-electron chi connectivity index (χ2n) is 8.14. The number of benzene rings is 1. The van der Waals surface area contributed by atoms with Crippen molar-refractivity contribution in [1.29, 1.82) is 0 Å². The Morgan fingerprint density at radius 3 is 2.48 bits per heavy atom. The minimum absolute atomic E-state index is 0.169. The van der Waals surface area contributed by atoms with E-state index in [2.05, 4.69) is 58.3 Å². The molecule has 0 saturated heterocycles. The molecule has 1 aliphatic carbocycles. The van der Waals surface area contributed by atoms with Crippen LogP contribution in [0.1, 0.15) is 25.8 Å². The maximum absolute atomic E-state index is 6.32. The van der Waals surface area contributed by atoms with E-state index >= 15 is 0 Å². The molecule has 0 fully saturated rings. The smallest absolute Gasteiger partial charge is 0.241 e. The summed E-state index contributed by atoms with van der Waals surface area (Å²) in [6, 6.07) is 10.3. The molecule has 0 amide bonds. The second-order valence-corrected chi connectivity index (χ2v) is 12.6. The van der Waals surface area contributed by atoms with Gasteiger partial charge in [0, 0.05) is 5.92 Å². The van der Waals surface area contributed by atoms with Gasteiger partial charge in [-0.25, -0.2) is 0 Å². The van der Waals surface area contributed by atoms with Crippen molar-refractivity contribution in [1.82, 2.24) is 0 Å². The van der Waals surface area contributed by atoms with Crippen LogP contribution in [0.15, 0.2) is 54.3 Å². The maximum atomic E-state index is 6.32. The van der Waals surface area contributed by atoms with Crippen molar-refractivity contribution in [3.05, 3.63) is 59.9 Å². The van der Waals surface area contributed by atoms with Gasteiger partial charge in [0.25, 0.3) is 0 Å². The molecule has 2 nitrogen and oxygen atoms in total. The van der Waals surface area contributed by atoms with Crippen molar-refractivity contribution in [2.45, 2.75) is 46.5 Å². The van der Waals surface area contributed by atoms with E-state index in [9.17, 15) is 0 Å². The average molecular weight is 331 g/mol. The monoisotopic (exact) mass is 330 g/mol. The van der Waals surface area contributed by atoms with Crippen molar-refractivity contribution in [3.63, 3.8) is 0 Å². The quantitative estimate of drug-likeness (QED) is 0.482. The molecule has 0 saturated carbocycles. The molecule has 0 bridgehead atoms. The molecular formula is C20H30O2Si. The Balaban J connectivity index is 1.93. The summed E-state index contributed by atoms with van der Waals surface area (Å²) in [4.78, 5) is 0. The van der Waals surface area contributed by atoms with Gasteiger partial charge in [-0.3, -0.25) is 0 Å². The zero-order valence-electron chi connectivity index (χ0n) is 15.2. The number of hydrogen-bond acceptors (Lipinski definition) is 2. The molecule has 23 heavy (non-hydrogen) atoms. The van der Waals surface area contributed by atoms with E-state index in [0.717, 1.165) is 17.8 Å². The third-order valence-electron chi connectivity index (χ3n) is 3.92. The lowest BCUT2D eigenvalue weighted by Crippen LogP contribution is -2.27. The van der Waals surface area contributed by atoms with Crippen LogP contribution in [0.3, 0.4) is 0 Å². The second kappa shape index (κ2) is 7.06. The molecule has 0 N–H and O–H groups in total. The van der Waals surface area contributed by atoms with Gasteiger partial charge in [0.15, 0.2) is 0 Å². The Labute approximate surface area is 142 Å². The van der Waals surface area contributed by atoms with E-state index in [1.165, 1.54) is 5.56 Å². The molecular weight excluding hydrogens is 300 g/mol. The van der Waals surface area contributed by atoms with Crippen LogP contribution >= 0.6 is 0 Å². The summed E-state index contributed by atoms with van der Waals surface area (Å²) in [7, 11) is -1.61. The van der Waals surface area contributed by atoms with Gasteiger partial charge < -0.3 is 9.16 Å². The summed E-state index contributed by atoms with van der Waals surface area (Å²) in [5, 5.41) is 0. The van der Waals surface area contributed by atoms with Gasteiger partial charge in [-0.1, -0.05) is 50.8 Å². The first-order chi connectivity index (χ1) is 10.7. The molecule has 0 radical (unpaired) electrons. The molecule has 2 rings (SSSR count). The van der Waals surface area contributed by atoms with Crippen molar-refractivity contribution < 1.29 is 9.16 Å². The number of allylic oxidation sites excluding steroid dienone is 2. The van der Waals surface area contributed by atoms with E-state index in [0.29, 0.717) is 13.2 Å². The molecule has 0 aromatic heterocycles. The van der Waals surface area contributed by atoms with Gasteiger partial charge in [-0.15, -0.1) is 0 Å². The zero-order chi connectivity index (χ0) is 17.1. The van der Waals surface area contributed by atoms with E-state index < -0.39 is 8.32 Å². The lowest BCUT2D eigenvalue weighted by molar-refractivity contribution is 0.135. The van der Waals surface area contributed by atoms with Crippen LogP contribution in [-0.2, 0) is 15.8 Å². The van der Waals surface area contributed by atoms with Gasteiger partial charge in [-0.2, -0.15) is 0 Å². The average Bonchev–Trinajstić information content (AvgIpc) is 2.72. The summed E-state index contributed by atoms with van der Waals surface area (Å²) < 4.78 is 12.2. The highest BCUT2D eigenvalue weighted by Crippen LogP contribution is 2.44. The van der Waals surface area contributed by atoms with E-state index in [1.807, 2.05) is 18.2 Å². The van der Waals surface area contributed by atoms with Crippen molar-refractivity contribution >= 4 is 8.32 Å². The Hall–Kier alpha value is -1.32. The van der Waals surface area contributed by atoms with Crippen molar-refractivity contribution in [2.75, 3.05) is 6.61 Å². The summed E-state index contributed by atoms with van der Waals surface area (Å²) in [6.45, 7) is 16.7. The summed E-state index contributed by atoms with van der Waals surface area (Å²) >= 11 is 0. The van der Waals surface area contributed by atoms with Crippen LogP contribution in [0.5, 0.6) is 0 Å². The summed E-state index contributed by atoms with van der Waals surface area (Å²) in [5.74, 6) is 1.40. The third-order valence-corrected chi connectivity index (χ3v) is 4.77. The molecule has 3 heteroatoms. The molecule has 1 atom stereocenters. The van der Waals surface area contributed by atoms with Crippen molar-refractivity contribution in [3.8, 4) is 0 Å². The minimum Gasteiger partial charge on any atom is -0.547 e. The fourth-order valence-corrected chi connectivity index (χ4v) is 3.85. The minimum atomic E-state index is -1.61. The van der Waals surface area contributed by atoms with Gasteiger partial charge in [0.1, 0.15) is 0 Å². The van der Waals surface area contributed by atoms with E-state index in [4.69, 9.17) is 9.16 Å². The molecule has 0 spiro atoms. The summed E-state index contributed by atoms with van der Waals surface area (Å²) in [6.07, 6.45) is 3.35. The predicted molar refractivity (Wildman–Crippen MR) is 99.6 cm³/mol. The van der Waals surface area contributed by atoms with Crippen LogP contribution in [0.2, 0.25) is 19.6 Å². The topological polar surface area (TPSA) is 18.5 Å². The lowest BCUT2D eigenvalue weighted by atomic mass is 9.87. The Bertz CT molecular complexity index is 567. The fraction of sp³-hybridized carbons (Fsp3) is 0.500. The Kier molecular flexibility index (Phi) is 5.53. The highest BCUT2D eigenvalue weighted by atomic mass is 28.4. The molecule has 0 unspecified atom stereocenters.